The first-order valence-corrected chi connectivity index (χ1v) is 7.21. The van der Waals surface area contributed by atoms with Crippen molar-refractivity contribution in [3.8, 4) is 0 Å². The molecule has 1 aromatic heterocycles. The molecule has 1 spiro atoms. The second kappa shape index (κ2) is 5.00. The largest absolute Gasteiger partial charge is 0.468 e. The predicted molar refractivity (Wildman–Crippen MR) is 72.6 cm³/mol. The number of carbonyl (C=O) groups is 1. The monoisotopic (exact) mass is 262 g/mol. The molecule has 19 heavy (non-hydrogen) atoms. The van der Waals surface area contributed by atoms with Crippen LogP contribution in [0.4, 0.5) is 0 Å². The molecule has 3 heterocycles. The zero-order valence-corrected chi connectivity index (χ0v) is 11.6. The summed E-state index contributed by atoms with van der Waals surface area (Å²) in [5.41, 5.74) is 0.0696. The van der Waals surface area contributed by atoms with Gasteiger partial charge in [-0.25, -0.2) is 0 Å². The van der Waals surface area contributed by atoms with E-state index in [-0.39, 0.29) is 5.54 Å². The maximum absolute atomic E-state index is 12.0. The molecule has 1 atom stereocenters. The molecule has 0 saturated carbocycles. The number of likely N-dealkylation sites (tertiary alicyclic amines) is 2. The number of likely N-dealkylation sites (N-methyl/N-ethyl adjacent to an activating group) is 1. The van der Waals surface area contributed by atoms with Gasteiger partial charge in [0.05, 0.1) is 18.3 Å². The smallest absolute Gasteiger partial charge is 0.222 e. The SMILES string of the molecule is CN1C(=O)CCC[C@]12CCCN(Cc1ccco1)C2. The molecule has 0 aliphatic carbocycles. The highest BCUT2D eigenvalue weighted by molar-refractivity contribution is 5.77. The summed E-state index contributed by atoms with van der Waals surface area (Å²) in [6.07, 6.45) is 6.94. The molecular weight excluding hydrogens is 240 g/mol. The molecule has 3 rings (SSSR count). The van der Waals surface area contributed by atoms with Gasteiger partial charge in [0, 0.05) is 20.0 Å². The standard InChI is InChI=1S/C15H22N2O2/c1-16-14(18)6-2-7-15(16)8-4-9-17(12-15)11-13-5-3-10-19-13/h3,5,10H,2,4,6-9,11-12H2,1H3/t15-/m1/s1. The number of nitrogens with zero attached hydrogens (tertiary/aromatic N) is 2. The van der Waals surface area contributed by atoms with Gasteiger partial charge >= 0.3 is 0 Å². The van der Waals surface area contributed by atoms with Crippen LogP contribution in [0, 0.1) is 0 Å². The molecule has 4 nitrogen and oxygen atoms in total. The lowest BCUT2D eigenvalue weighted by Crippen LogP contribution is -2.60. The van der Waals surface area contributed by atoms with E-state index in [9.17, 15) is 4.79 Å². The fourth-order valence-corrected chi connectivity index (χ4v) is 3.61. The Kier molecular flexibility index (Phi) is 3.35. The third kappa shape index (κ3) is 2.41. The molecule has 2 aliphatic heterocycles. The first-order valence-electron chi connectivity index (χ1n) is 7.21. The molecule has 0 unspecified atom stereocenters. The summed E-state index contributed by atoms with van der Waals surface area (Å²) in [6, 6.07) is 3.96. The van der Waals surface area contributed by atoms with Crippen LogP contribution in [0.3, 0.4) is 0 Å². The third-order valence-corrected chi connectivity index (χ3v) is 4.71. The van der Waals surface area contributed by atoms with Crippen LogP contribution in [0.5, 0.6) is 0 Å². The Morgan fingerprint density at radius 3 is 3.00 bits per heavy atom. The van der Waals surface area contributed by atoms with Crippen LogP contribution in [-0.4, -0.2) is 41.4 Å². The molecular formula is C15H22N2O2. The normalized spacial score (nSPS) is 29.1. The topological polar surface area (TPSA) is 36.7 Å². The molecule has 2 saturated heterocycles. The number of rotatable bonds is 2. The minimum atomic E-state index is 0.0696. The van der Waals surface area contributed by atoms with Crippen molar-refractivity contribution in [3.05, 3.63) is 24.2 Å². The van der Waals surface area contributed by atoms with E-state index in [4.69, 9.17) is 4.42 Å². The van der Waals surface area contributed by atoms with Crippen molar-refractivity contribution in [1.29, 1.82) is 0 Å². The Hall–Kier alpha value is -1.29. The summed E-state index contributed by atoms with van der Waals surface area (Å²) < 4.78 is 5.44. The van der Waals surface area contributed by atoms with E-state index in [2.05, 4.69) is 4.90 Å². The van der Waals surface area contributed by atoms with Crippen LogP contribution < -0.4 is 0 Å². The van der Waals surface area contributed by atoms with Crippen molar-refractivity contribution in [3.63, 3.8) is 0 Å². The van der Waals surface area contributed by atoms with Crippen LogP contribution in [-0.2, 0) is 11.3 Å². The van der Waals surface area contributed by atoms with Gasteiger partial charge in [-0.2, -0.15) is 0 Å². The quantitative estimate of drug-likeness (QED) is 0.820. The molecule has 2 fully saturated rings. The Morgan fingerprint density at radius 2 is 2.21 bits per heavy atom. The van der Waals surface area contributed by atoms with E-state index >= 15 is 0 Å². The fraction of sp³-hybridized carbons (Fsp3) is 0.667. The average Bonchev–Trinajstić information content (AvgIpc) is 2.89. The van der Waals surface area contributed by atoms with Gasteiger partial charge in [-0.15, -0.1) is 0 Å². The van der Waals surface area contributed by atoms with E-state index in [1.165, 1.54) is 6.42 Å². The Labute approximate surface area is 114 Å². The lowest BCUT2D eigenvalue weighted by molar-refractivity contribution is -0.143. The predicted octanol–water partition coefficient (Wildman–Crippen LogP) is 2.26. The first-order chi connectivity index (χ1) is 9.20. The van der Waals surface area contributed by atoms with E-state index in [1.54, 1.807) is 6.26 Å². The van der Waals surface area contributed by atoms with Crippen LogP contribution >= 0.6 is 0 Å². The van der Waals surface area contributed by atoms with Gasteiger partial charge in [0.1, 0.15) is 5.76 Å². The van der Waals surface area contributed by atoms with E-state index in [0.717, 1.165) is 51.1 Å². The number of hydrogen-bond donors (Lipinski definition) is 0. The van der Waals surface area contributed by atoms with Crippen LogP contribution in [0.1, 0.15) is 37.9 Å². The van der Waals surface area contributed by atoms with Gasteiger partial charge in [-0.05, 0) is 44.4 Å². The van der Waals surface area contributed by atoms with Crippen LogP contribution in [0.25, 0.3) is 0 Å². The van der Waals surface area contributed by atoms with Crippen molar-refractivity contribution in [2.45, 2.75) is 44.2 Å². The molecule has 2 aliphatic rings. The van der Waals surface area contributed by atoms with Crippen molar-refractivity contribution < 1.29 is 9.21 Å². The van der Waals surface area contributed by atoms with E-state index in [0.29, 0.717) is 5.91 Å². The number of hydrogen-bond acceptors (Lipinski definition) is 3. The maximum Gasteiger partial charge on any atom is 0.222 e. The Morgan fingerprint density at radius 1 is 1.37 bits per heavy atom. The number of furan rings is 1. The molecule has 0 N–H and O–H groups in total. The highest BCUT2D eigenvalue weighted by Gasteiger charge is 2.43. The molecule has 0 aromatic carbocycles. The van der Waals surface area contributed by atoms with E-state index < -0.39 is 0 Å². The summed E-state index contributed by atoms with van der Waals surface area (Å²) >= 11 is 0. The summed E-state index contributed by atoms with van der Waals surface area (Å²) in [5, 5.41) is 0. The number of amides is 1. The lowest BCUT2D eigenvalue weighted by Gasteiger charge is -2.50. The van der Waals surface area contributed by atoms with Crippen molar-refractivity contribution >= 4 is 5.91 Å². The second-order valence-corrected chi connectivity index (χ2v) is 5.92. The Balaban J connectivity index is 1.71. The molecule has 4 heteroatoms. The van der Waals surface area contributed by atoms with Crippen molar-refractivity contribution in [2.24, 2.45) is 0 Å². The third-order valence-electron chi connectivity index (χ3n) is 4.71. The highest BCUT2D eigenvalue weighted by Crippen LogP contribution is 2.36. The minimum absolute atomic E-state index is 0.0696. The minimum Gasteiger partial charge on any atom is -0.468 e. The van der Waals surface area contributed by atoms with Crippen LogP contribution in [0.2, 0.25) is 0 Å². The number of piperidine rings is 2. The van der Waals surface area contributed by atoms with Gasteiger partial charge in [0.25, 0.3) is 0 Å². The summed E-state index contributed by atoms with van der Waals surface area (Å²) in [7, 11) is 1.98. The van der Waals surface area contributed by atoms with Crippen molar-refractivity contribution in [2.75, 3.05) is 20.1 Å². The van der Waals surface area contributed by atoms with Gasteiger partial charge in [0.2, 0.25) is 5.91 Å². The molecule has 1 amide bonds. The lowest BCUT2D eigenvalue weighted by atomic mass is 9.80. The zero-order chi connectivity index (χ0) is 13.3. The van der Waals surface area contributed by atoms with Crippen LogP contribution in [0.15, 0.2) is 22.8 Å². The second-order valence-electron chi connectivity index (χ2n) is 5.92. The summed E-state index contributed by atoms with van der Waals surface area (Å²) in [5.74, 6) is 1.33. The number of carbonyl (C=O) groups excluding carboxylic acids is 1. The van der Waals surface area contributed by atoms with Gasteiger partial charge in [0.15, 0.2) is 0 Å². The van der Waals surface area contributed by atoms with Gasteiger partial charge in [-0.3, -0.25) is 9.69 Å². The highest BCUT2D eigenvalue weighted by atomic mass is 16.3. The fourth-order valence-electron chi connectivity index (χ4n) is 3.61. The van der Waals surface area contributed by atoms with Gasteiger partial charge in [-0.1, -0.05) is 0 Å². The summed E-state index contributed by atoms with van der Waals surface area (Å²) in [6.45, 7) is 2.94. The molecule has 0 bridgehead atoms. The van der Waals surface area contributed by atoms with Gasteiger partial charge < -0.3 is 9.32 Å². The zero-order valence-electron chi connectivity index (χ0n) is 11.6. The first kappa shape index (κ1) is 12.7. The van der Waals surface area contributed by atoms with E-state index in [1.807, 2.05) is 24.1 Å². The van der Waals surface area contributed by atoms with Crippen molar-refractivity contribution in [1.82, 2.24) is 9.80 Å². The molecule has 104 valence electrons. The maximum atomic E-state index is 12.0. The average molecular weight is 262 g/mol. The molecule has 1 aromatic rings. The summed E-state index contributed by atoms with van der Waals surface area (Å²) in [4.78, 5) is 16.4. The molecule has 0 radical (unpaired) electrons. The Bertz CT molecular complexity index is 439.